The maximum Gasteiger partial charge on any atom is 0.335 e. The number of anilines is 2. The fourth-order valence-corrected chi connectivity index (χ4v) is 4.13. The number of hydrogen-bond acceptors (Lipinski definition) is 7. The lowest BCUT2D eigenvalue weighted by molar-refractivity contribution is -0.122. The summed E-state index contributed by atoms with van der Waals surface area (Å²) >= 11 is 12.3. The van der Waals surface area contributed by atoms with Crippen LogP contribution in [0.1, 0.15) is 12.5 Å². The Kier molecular flexibility index (Phi) is 8.93. The Bertz CT molecular complexity index is 1490. The number of ether oxygens (including phenoxy) is 3. The van der Waals surface area contributed by atoms with E-state index < -0.39 is 23.8 Å². The molecule has 1 heterocycles. The lowest BCUT2D eigenvalue weighted by Crippen LogP contribution is -2.54. The highest BCUT2D eigenvalue weighted by molar-refractivity contribution is 6.39. The average molecular weight is 584 g/mol. The summed E-state index contributed by atoms with van der Waals surface area (Å²) in [6.45, 7) is 1.61. The number of urea groups is 1. The monoisotopic (exact) mass is 583 g/mol. The van der Waals surface area contributed by atoms with E-state index in [1.807, 2.05) is 0 Å². The highest BCUT2D eigenvalue weighted by atomic mass is 35.5. The van der Waals surface area contributed by atoms with Crippen molar-refractivity contribution in [3.63, 3.8) is 0 Å². The second-order valence-corrected chi connectivity index (χ2v) is 9.11. The molecule has 1 saturated heterocycles. The molecule has 10 nitrogen and oxygen atoms in total. The lowest BCUT2D eigenvalue weighted by Gasteiger charge is -2.26. The van der Waals surface area contributed by atoms with Crippen LogP contribution in [0.5, 0.6) is 17.2 Å². The summed E-state index contributed by atoms with van der Waals surface area (Å²) in [5.41, 5.74) is 0.808. The van der Waals surface area contributed by atoms with Gasteiger partial charge in [-0.05, 0) is 79.2 Å². The first-order valence-electron chi connectivity index (χ1n) is 11.9. The third kappa shape index (κ3) is 6.53. The summed E-state index contributed by atoms with van der Waals surface area (Å²) in [5.74, 6) is -1.32. The zero-order chi connectivity index (χ0) is 28.8. The first-order valence-corrected chi connectivity index (χ1v) is 12.7. The van der Waals surface area contributed by atoms with Crippen LogP contribution in [0.4, 0.5) is 16.2 Å². The van der Waals surface area contributed by atoms with Crippen molar-refractivity contribution in [2.24, 2.45) is 0 Å². The van der Waals surface area contributed by atoms with Crippen LogP contribution in [-0.4, -0.2) is 44.1 Å². The van der Waals surface area contributed by atoms with E-state index in [0.29, 0.717) is 22.0 Å². The quantitative estimate of drug-likeness (QED) is 0.266. The van der Waals surface area contributed by atoms with Gasteiger partial charge in [-0.1, -0.05) is 23.2 Å². The van der Waals surface area contributed by atoms with Crippen molar-refractivity contribution < 1.29 is 33.4 Å². The number of imide groups is 2. The number of hydrogen-bond donors (Lipinski definition) is 2. The largest absolute Gasteiger partial charge is 0.497 e. The molecule has 0 spiro atoms. The fourth-order valence-electron chi connectivity index (χ4n) is 3.73. The number of barbiturate groups is 1. The number of methoxy groups -OCH3 is 1. The van der Waals surface area contributed by atoms with Crippen molar-refractivity contribution in [3.05, 3.63) is 81.8 Å². The molecule has 3 aromatic rings. The lowest BCUT2D eigenvalue weighted by atomic mass is 10.1. The summed E-state index contributed by atoms with van der Waals surface area (Å²) in [6.07, 6.45) is 1.28. The van der Waals surface area contributed by atoms with Crippen molar-refractivity contribution in [3.8, 4) is 17.2 Å². The summed E-state index contributed by atoms with van der Waals surface area (Å²) in [6, 6.07) is 14.8. The molecule has 0 bridgehead atoms. The van der Waals surface area contributed by atoms with E-state index in [2.05, 4.69) is 10.6 Å². The van der Waals surface area contributed by atoms with Crippen LogP contribution in [-0.2, 0) is 14.4 Å². The van der Waals surface area contributed by atoms with E-state index in [1.165, 1.54) is 37.5 Å². The Morgan fingerprint density at radius 2 is 1.70 bits per heavy atom. The zero-order valence-corrected chi connectivity index (χ0v) is 22.8. The molecule has 0 radical (unpaired) electrons. The number of amides is 5. The maximum atomic E-state index is 13.2. The predicted octanol–water partition coefficient (Wildman–Crippen LogP) is 5.08. The van der Waals surface area contributed by atoms with E-state index >= 15 is 0 Å². The number of benzene rings is 3. The second kappa shape index (κ2) is 12.5. The molecule has 5 amide bonds. The van der Waals surface area contributed by atoms with Crippen LogP contribution in [0.3, 0.4) is 0 Å². The minimum Gasteiger partial charge on any atom is -0.497 e. The highest BCUT2D eigenvalue weighted by Gasteiger charge is 2.37. The molecule has 3 aromatic carbocycles. The number of carbonyl (C=O) groups excluding carboxylic acids is 4. The second-order valence-electron chi connectivity index (χ2n) is 8.26. The summed E-state index contributed by atoms with van der Waals surface area (Å²) in [5, 5.41) is 5.45. The molecule has 0 aromatic heterocycles. The van der Waals surface area contributed by atoms with Gasteiger partial charge in [0.2, 0.25) is 0 Å². The van der Waals surface area contributed by atoms with E-state index in [9.17, 15) is 19.2 Å². The number of rotatable bonds is 9. The molecule has 1 aliphatic heterocycles. The van der Waals surface area contributed by atoms with E-state index in [-0.39, 0.29) is 41.0 Å². The van der Waals surface area contributed by atoms with Crippen molar-refractivity contribution in [2.45, 2.75) is 6.92 Å². The van der Waals surface area contributed by atoms with Crippen LogP contribution in [0.2, 0.25) is 10.0 Å². The fraction of sp³-hybridized carbons (Fsp3) is 0.143. The summed E-state index contributed by atoms with van der Waals surface area (Å²) < 4.78 is 16.4. The smallest absolute Gasteiger partial charge is 0.335 e. The van der Waals surface area contributed by atoms with Gasteiger partial charge in [-0.2, -0.15) is 0 Å². The highest BCUT2D eigenvalue weighted by Crippen LogP contribution is 2.37. The van der Waals surface area contributed by atoms with Crippen LogP contribution in [0.15, 0.2) is 66.2 Å². The predicted molar refractivity (Wildman–Crippen MR) is 150 cm³/mol. The summed E-state index contributed by atoms with van der Waals surface area (Å²) in [7, 11) is 1.49. The Hall–Kier alpha value is -4.54. The molecule has 2 N–H and O–H groups in total. The standard InChI is InChI=1S/C28H23Cl2N3O7/c1-3-39-23-14-16(13-22(30)25(23)40-15-24(34)31-18-6-4-17(29)5-7-18)12-21-26(35)32-28(37)33(27(21)36)19-8-10-20(38-2)11-9-19/h4-14H,3,15H2,1-2H3,(H,31,34)(H,32,35,37)/b21-12+. The Balaban J connectivity index is 1.57. The molecule has 0 aliphatic carbocycles. The van der Waals surface area contributed by atoms with Gasteiger partial charge < -0.3 is 19.5 Å². The summed E-state index contributed by atoms with van der Waals surface area (Å²) in [4.78, 5) is 51.5. The van der Waals surface area contributed by atoms with Crippen LogP contribution >= 0.6 is 23.2 Å². The van der Waals surface area contributed by atoms with Crippen molar-refractivity contribution >= 4 is 64.4 Å². The third-order valence-corrected chi connectivity index (χ3v) is 6.08. The minimum absolute atomic E-state index is 0.0730. The first-order chi connectivity index (χ1) is 19.2. The van der Waals surface area contributed by atoms with Gasteiger partial charge >= 0.3 is 6.03 Å². The van der Waals surface area contributed by atoms with Gasteiger partial charge in [0, 0.05) is 10.7 Å². The molecular formula is C28H23Cl2N3O7. The Morgan fingerprint density at radius 3 is 2.35 bits per heavy atom. The van der Waals surface area contributed by atoms with Gasteiger partial charge in [0.05, 0.1) is 24.4 Å². The van der Waals surface area contributed by atoms with E-state index in [4.69, 9.17) is 37.4 Å². The van der Waals surface area contributed by atoms with Gasteiger partial charge in [-0.25, -0.2) is 9.69 Å². The molecular weight excluding hydrogens is 561 g/mol. The molecule has 0 atom stereocenters. The van der Waals surface area contributed by atoms with Crippen molar-refractivity contribution in [1.29, 1.82) is 0 Å². The molecule has 4 rings (SSSR count). The van der Waals surface area contributed by atoms with Crippen LogP contribution < -0.4 is 29.7 Å². The molecule has 0 unspecified atom stereocenters. The Morgan fingerprint density at radius 1 is 1.00 bits per heavy atom. The molecule has 0 saturated carbocycles. The molecule has 12 heteroatoms. The molecule has 206 valence electrons. The van der Waals surface area contributed by atoms with E-state index in [1.54, 1.807) is 43.3 Å². The van der Waals surface area contributed by atoms with Crippen LogP contribution in [0, 0.1) is 0 Å². The zero-order valence-electron chi connectivity index (χ0n) is 21.3. The average Bonchev–Trinajstić information content (AvgIpc) is 2.92. The number of nitrogens with zero attached hydrogens (tertiary/aromatic N) is 1. The van der Waals surface area contributed by atoms with Crippen molar-refractivity contribution in [1.82, 2.24) is 5.32 Å². The SMILES string of the molecule is CCOc1cc(/C=C2\C(=O)NC(=O)N(c3ccc(OC)cc3)C2=O)cc(Cl)c1OCC(=O)Nc1ccc(Cl)cc1. The van der Waals surface area contributed by atoms with Crippen LogP contribution in [0.25, 0.3) is 6.08 Å². The first kappa shape index (κ1) is 28.5. The van der Waals surface area contributed by atoms with Gasteiger partial charge in [-0.15, -0.1) is 0 Å². The molecule has 40 heavy (non-hydrogen) atoms. The van der Waals surface area contributed by atoms with Gasteiger partial charge in [0.25, 0.3) is 17.7 Å². The number of nitrogens with one attached hydrogen (secondary N) is 2. The number of carbonyl (C=O) groups is 4. The van der Waals surface area contributed by atoms with Gasteiger partial charge in [-0.3, -0.25) is 19.7 Å². The molecule has 1 aliphatic rings. The van der Waals surface area contributed by atoms with Crippen molar-refractivity contribution in [2.75, 3.05) is 30.5 Å². The number of halogens is 2. The Labute approximate surface area is 239 Å². The van der Waals surface area contributed by atoms with Gasteiger partial charge in [0.15, 0.2) is 18.1 Å². The minimum atomic E-state index is -0.883. The molecule has 1 fully saturated rings. The third-order valence-electron chi connectivity index (χ3n) is 5.55. The topological polar surface area (TPSA) is 123 Å². The van der Waals surface area contributed by atoms with E-state index in [0.717, 1.165) is 4.90 Å². The van der Waals surface area contributed by atoms with Gasteiger partial charge in [0.1, 0.15) is 11.3 Å². The normalized spacial score (nSPS) is 14.2. The maximum absolute atomic E-state index is 13.2.